The van der Waals surface area contributed by atoms with Crippen molar-refractivity contribution < 1.29 is 4.79 Å². The Bertz CT molecular complexity index is 532. The average Bonchev–Trinajstić information content (AvgIpc) is 2.68. The molecule has 1 unspecified atom stereocenters. The Hall–Kier alpha value is -1.89. The van der Waals surface area contributed by atoms with Crippen molar-refractivity contribution in [1.82, 2.24) is 0 Å². The molecule has 1 aromatic carbocycles. The van der Waals surface area contributed by atoms with Crippen LogP contribution in [0.25, 0.3) is 6.08 Å². The summed E-state index contributed by atoms with van der Waals surface area (Å²) in [6, 6.07) is 10.1. The molecule has 0 heterocycles. The van der Waals surface area contributed by atoms with Gasteiger partial charge in [0.05, 0.1) is 0 Å². The number of benzene rings is 1. The molecule has 1 saturated carbocycles. The van der Waals surface area contributed by atoms with Crippen LogP contribution in [0.3, 0.4) is 0 Å². The molecular formula is C16H14O. The van der Waals surface area contributed by atoms with E-state index in [-0.39, 0.29) is 5.78 Å². The minimum Gasteiger partial charge on any atom is -0.289 e. The third kappa shape index (κ3) is 1.89. The SMILES string of the molecule is O=C1C(=Cc2ccccc2)CC2CC=CC=C12. The Morgan fingerprint density at radius 1 is 1.18 bits per heavy atom. The lowest BCUT2D eigenvalue weighted by Gasteiger charge is -2.09. The van der Waals surface area contributed by atoms with Gasteiger partial charge in [-0.15, -0.1) is 0 Å². The third-order valence-electron chi connectivity index (χ3n) is 3.43. The summed E-state index contributed by atoms with van der Waals surface area (Å²) in [5.74, 6) is 0.658. The number of carbonyl (C=O) groups excluding carboxylic acids is 1. The maximum Gasteiger partial charge on any atom is 0.185 e. The number of Topliss-reactive ketones (excluding diaryl/α,β-unsaturated/α-hetero) is 1. The van der Waals surface area contributed by atoms with Crippen LogP contribution < -0.4 is 0 Å². The zero-order chi connectivity index (χ0) is 11.7. The van der Waals surface area contributed by atoms with Gasteiger partial charge in [-0.25, -0.2) is 0 Å². The highest BCUT2D eigenvalue weighted by molar-refractivity contribution is 6.14. The summed E-state index contributed by atoms with van der Waals surface area (Å²) in [5.41, 5.74) is 3.06. The van der Waals surface area contributed by atoms with Crippen molar-refractivity contribution in [1.29, 1.82) is 0 Å². The van der Waals surface area contributed by atoms with Crippen molar-refractivity contribution >= 4 is 11.9 Å². The fourth-order valence-electron chi connectivity index (χ4n) is 2.55. The van der Waals surface area contributed by atoms with Crippen LogP contribution in [0, 0.1) is 5.92 Å². The predicted molar refractivity (Wildman–Crippen MR) is 69.4 cm³/mol. The molecule has 1 heteroatoms. The first-order chi connectivity index (χ1) is 8.34. The molecule has 0 amide bonds. The van der Waals surface area contributed by atoms with E-state index in [1.165, 1.54) is 0 Å². The predicted octanol–water partition coefficient (Wildman–Crippen LogP) is 3.55. The van der Waals surface area contributed by atoms with Crippen molar-refractivity contribution in [3.05, 3.63) is 65.3 Å². The highest BCUT2D eigenvalue weighted by Crippen LogP contribution is 2.37. The number of hydrogen-bond acceptors (Lipinski definition) is 1. The number of ketones is 1. The Labute approximate surface area is 101 Å². The van der Waals surface area contributed by atoms with Crippen LogP contribution in [-0.4, -0.2) is 5.78 Å². The zero-order valence-corrected chi connectivity index (χ0v) is 9.60. The quantitative estimate of drug-likeness (QED) is 0.664. The monoisotopic (exact) mass is 222 g/mol. The summed E-state index contributed by atoms with van der Waals surface area (Å²) in [5, 5.41) is 0. The molecule has 0 saturated heterocycles. The maximum atomic E-state index is 12.2. The lowest BCUT2D eigenvalue weighted by Crippen LogP contribution is -2.02. The van der Waals surface area contributed by atoms with Crippen LogP contribution in [0.1, 0.15) is 18.4 Å². The molecule has 17 heavy (non-hydrogen) atoms. The molecule has 1 fully saturated rings. The number of hydrogen-bond donors (Lipinski definition) is 0. The second-order valence-corrected chi connectivity index (χ2v) is 4.60. The van der Waals surface area contributed by atoms with Gasteiger partial charge in [-0.3, -0.25) is 4.79 Å². The average molecular weight is 222 g/mol. The molecule has 1 atom stereocenters. The molecule has 2 aliphatic carbocycles. The maximum absolute atomic E-state index is 12.2. The lowest BCUT2D eigenvalue weighted by molar-refractivity contribution is -0.111. The highest BCUT2D eigenvalue weighted by atomic mass is 16.1. The van der Waals surface area contributed by atoms with E-state index >= 15 is 0 Å². The molecule has 0 aliphatic heterocycles. The summed E-state index contributed by atoms with van der Waals surface area (Å²) >= 11 is 0. The van der Waals surface area contributed by atoms with Gasteiger partial charge < -0.3 is 0 Å². The standard InChI is InChI=1S/C16H14O/c17-16-14(10-12-6-2-1-3-7-12)11-13-8-4-5-9-15(13)16/h1-7,9-10,13H,8,11H2. The van der Waals surface area contributed by atoms with E-state index in [9.17, 15) is 4.79 Å². The second kappa shape index (κ2) is 4.17. The second-order valence-electron chi connectivity index (χ2n) is 4.60. The van der Waals surface area contributed by atoms with E-state index in [0.29, 0.717) is 5.92 Å². The third-order valence-corrected chi connectivity index (χ3v) is 3.43. The van der Waals surface area contributed by atoms with E-state index in [1.807, 2.05) is 48.6 Å². The van der Waals surface area contributed by atoms with Gasteiger partial charge in [-0.2, -0.15) is 0 Å². The van der Waals surface area contributed by atoms with E-state index in [2.05, 4.69) is 6.08 Å². The van der Waals surface area contributed by atoms with Crippen molar-refractivity contribution in [2.24, 2.45) is 5.92 Å². The van der Waals surface area contributed by atoms with Gasteiger partial charge in [0.2, 0.25) is 0 Å². The summed E-state index contributed by atoms with van der Waals surface area (Å²) < 4.78 is 0. The Balaban J connectivity index is 1.93. The minimum absolute atomic E-state index is 0.239. The molecule has 84 valence electrons. The minimum atomic E-state index is 0.239. The molecule has 2 aliphatic rings. The summed E-state index contributed by atoms with van der Waals surface area (Å²) in [7, 11) is 0. The van der Waals surface area contributed by atoms with Crippen LogP contribution in [0.5, 0.6) is 0 Å². The first-order valence-electron chi connectivity index (χ1n) is 6.01. The van der Waals surface area contributed by atoms with Crippen LogP contribution in [0.15, 0.2) is 59.7 Å². The summed E-state index contributed by atoms with van der Waals surface area (Å²) in [6.45, 7) is 0. The molecule has 1 aromatic rings. The smallest absolute Gasteiger partial charge is 0.185 e. The molecular weight excluding hydrogens is 208 g/mol. The van der Waals surface area contributed by atoms with Crippen LogP contribution >= 0.6 is 0 Å². The first-order valence-corrected chi connectivity index (χ1v) is 6.01. The normalized spacial score (nSPS) is 24.9. The van der Waals surface area contributed by atoms with Gasteiger partial charge >= 0.3 is 0 Å². The lowest BCUT2D eigenvalue weighted by atomic mass is 9.94. The molecule has 0 N–H and O–H groups in total. The Morgan fingerprint density at radius 2 is 2.00 bits per heavy atom. The fraction of sp³-hybridized carbons (Fsp3) is 0.188. The van der Waals surface area contributed by atoms with Gasteiger partial charge in [-0.05, 0) is 30.4 Å². The topological polar surface area (TPSA) is 17.1 Å². The van der Waals surface area contributed by atoms with E-state index < -0.39 is 0 Å². The van der Waals surface area contributed by atoms with Crippen LogP contribution in [0.2, 0.25) is 0 Å². The van der Waals surface area contributed by atoms with Gasteiger partial charge in [0.15, 0.2) is 5.78 Å². The van der Waals surface area contributed by atoms with Gasteiger partial charge in [-0.1, -0.05) is 48.6 Å². The largest absolute Gasteiger partial charge is 0.289 e. The number of fused-ring (bicyclic) bond motifs is 1. The summed E-state index contributed by atoms with van der Waals surface area (Å²) in [4.78, 5) is 12.2. The number of carbonyl (C=O) groups is 1. The fourth-order valence-corrected chi connectivity index (χ4v) is 2.55. The molecule has 0 radical (unpaired) electrons. The Morgan fingerprint density at radius 3 is 2.76 bits per heavy atom. The molecule has 0 spiro atoms. The van der Waals surface area contributed by atoms with E-state index in [1.54, 1.807) is 0 Å². The van der Waals surface area contributed by atoms with Crippen molar-refractivity contribution in [3.63, 3.8) is 0 Å². The van der Waals surface area contributed by atoms with Crippen LogP contribution in [-0.2, 0) is 4.79 Å². The first kappa shape index (κ1) is 10.3. The number of allylic oxidation sites excluding steroid dienone is 5. The van der Waals surface area contributed by atoms with Gasteiger partial charge in [0.1, 0.15) is 0 Å². The van der Waals surface area contributed by atoms with Crippen LogP contribution in [0.4, 0.5) is 0 Å². The number of rotatable bonds is 1. The highest BCUT2D eigenvalue weighted by Gasteiger charge is 2.32. The van der Waals surface area contributed by atoms with E-state index in [0.717, 1.165) is 29.6 Å². The van der Waals surface area contributed by atoms with Gasteiger partial charge in [0, 0.05) is 11.1 Å². The zero-order valence-electron chi connectivity index (χ0n) is 9.60. The van der Waals surface area contributed by atoms with Crippen molar-refractivity contribution in [3.8, 4) is 0 Å². The van der Waals surface area contributed by atoms with E-state index in [4.69, 9.17) is 0 Å². The molecule has 0 aromatic heterocycles. The Kier molecular flexibility index (Phi) is 2.52. The molecule has 3 rings (SSSR count). The van der Waals surface area contributed by atoms with Crippen molar-refractivity contribution in [2.75, 3.05) is 0 Å². The summed E-state index contributed by atoms with van der Waals surface area (Å²) in [6.07, 6.45) is 10.0. The van der Waals surface area contributed by atoms with Crippen molar-refractivity contribution in [2.45, 2.75) is 12.8 Å². The molecule has 1 nitrogen and oxygen atoms in total. The van der Waals surface area contributed by atoms with Gasteiger partial charge in [0.25, 0.3) is 0 Å². The molecule has 0 bridgehead atoms.